The van der Waals surface area contributed by atoms with Crippen molar-refractivity contribution in [1.29, 1.82) is 0 Å². The fourth-order valence-corrected chi connectivity index (χ4v) is 4.73. The molecule has 1 aliphatic carbocycles. The molecule has 2 aliphatic heterocycles. The molecule has 4 rings (SSSR count). The van der Waals surface area contributed by atoms with Crippen molar-refractivity contribution in [2.24, 2.45) is 0 Å². The Morgan fingerprint density at radius 1 is 1.43 bits per heavy atom. The third-order valence-corrected chi connectivity index (χ3v) is 6.04. The number of halogens is 1. The van der Waals surface area contributed by atoms with Crippen LogP contribution >= 0.6 is 22.6 Å². The Morgan fingerprint density at radius 2 is 2.29 bits per heavy atom. The molecule has 4 heteroatoms. The van der Waals surface area contributed by atoms with E-state index in [9.17, 15) is 0 Å². The van der Waals surface area contributed by atoms with Crippen LogP contribution in [0.2, 0.25) is 0 Å². The fourth-order valence-electron chi connectivity index (χ4n) is 4.06. The van der Waals surface area contributed by atoms with Crippen molar-refractivity contribution >= 4 is 22.6 Å². The molecule has 0 radical (unpaired) electrons. The van der Waals surface area contributed by atoms with Crippen LogP contribution in [0.5, 0.6) is 11.5 Å². The number of nitrogens with zero attached hydrogens (tertiary/aromatic N) is 1. The third-order valence-electron chi connectivity index (χ3n) is 5.12. The SMILES string of the molecule is COc1ccc2c3c1OC1CC(I)C=C[C@@]31CCN(C)C2. The lowest BCUT2D eigenvalue weighted by Crippen LogP contribution is -2.41. The van der Waals surface area contributed by atoms with E-state index in [4.69, 9.17) is 9.47 Å². The summed E-state index contributed by atoms with van der Waals surface area (Å²) < 4.78 is 12.5. The van der Waals surface area contributed by atoms with Crippen molar-refractivity contribution in [2.75, 3.05) is 20.7 Å². The van der Waals surface area contributed by atoms with E-state index >= 15 is 0 Å². The maximum absolute atomic E-state index is 6.41. The highest BCUT2D eigenvalue weighted by atomic mass is 127. The van der Waals surface area contributed by atoms with Gasteiger partial charge in [0.25, 0.3) is 0 Å². The van der Waals surface area contributed by atoms with E-state index in [0.717, 1.165) is 37.4 Å². The van der Waals surface area contributed by atoms with Crippen LogP contribution in [0.1, 0.15) is 24.0 Å². The molecule has 0 aromatic heterocycles. The highest BCUT2D eigenvalue weighted by Crippen LogP contribution is 2.56. The number of ether oxygens (including phenoxy) is 2. The van der Waals surface area contributed by atoms with Gasteiger partial charge in [0.15, 0.2) is 11.5 Å². The van der Waals surface area contributed by atoms with Gasteiger partial charge in [-0.05, 0) is 31.6 Å². The predicted molar refractivity (Wildman–Crippen MR) is 91.6 cm³/mol. The normalized spacial score (nSPS) is 33.9. The molecular weight excluding hydrogens is 377 g/mol. The molecule has 0 fully saturated rings. The Hall–Kier alpha value is -0.750. The van der Waals surface area contributed by atoms with Crippen molar-refractivity contribution < 1.29 is 9.47 Å². The van der Waals surface area contributed by atoms with Crippen LogP contribution in [0.4, 0.5) is 0 Å². The summed E-state index contributed by atoms with van der Waals surface area (Å²) in [7, 11) is 3.94. The summed E-state index contributed by atoms with van der Waals surface area (Å²) in [4.78, 5) is 2.41. The second-order valence-corrected chi connectivity index (χ2v) is 7.98. The van der Waals surface area contributed by atoms with Crippen LogP contribution in [-0.2, 0) is 12.0 Å². The molecule has 112 valence electrons. The van der Waals surface area contributed by atoms with Crippen molar-refractivity contribution in [3.05, 3.63) is 35.4 Å². The van der Waals surface area contributed by atoms with E-state index in [1.54, 1.807) is 7.11 Å². The van der Waals surface area contributed by atoms with Crippen molar-refractivity contribution in [2.45, 2.75) is 34.8 Å². The van der Waals surface area contributed by atoms with Gasteiger partial charge in [0, 0.05) is 22.5 Å². The molecule has 2 unspecified atom stereocenters. The van der Waals surface area contributed by atoms with E-state index in [1.807, 2.05) is 0 Å². The summed E-state index contributed by atoms with van der Waals surface area (Å²) in [6.45, 7) is 2.10. The smallest absolute Gasteiger partial charge is 0.166 e. The number of allylic oxidation sites excluding steroid dienone is 1. The Morgan fingerprint density at radius 3 is 3.10 bits per heavy atom. The Kier molecular flexibility index (Phi) is 3.23. The predicted octanol–water partition coefficient (Wildman–Crippen LogP) is 3.29. The van der Waals surface area contributed by atoms with Crippen LogP contribution in [0.25, 0.3) is 0 Å². The van der Waals surface area contributed by atoms with Gasteiger partial charge in [0.2, 0.25) is 0 Å². The quantitative estimate of drug-likeness (QED) is 0.413. The zero-order valence-corrected chi connectivity index (χ0v) is 14.6. The van der Waals surface area contributed by atoms with E-state index in [-0.39, 0.29) is 11.5 Å². The summed E-state index contributed by atoms with van der Waals surface area (Å²) >= 11 is 2.51. The Bertz CT molecular complexity index is 615. The molecule has 0 amide bonds. The maximum Gasteiger partial charge on any atom is 0.166 e. The van der Waals surface area contributed by atoms with Crippen LogP contribution in [0, 0.1) is 0 Å². The molecule has 3 nitrogen and oxygen atoms in total. The van der Waals surface area contributed by atoms with Crippen LogP contribution in [-0.4, -0.2) is 35.6 Å². The standard InChI is InChI=1S/C17H20INO2/c1-19-8-7-17-6-5-12(18)9-14(17)21-16-13(20-2)4-3-11(10-19)15(16)17/h3-6,12,14H,7-10H2,1-2H3/t12?,14?,17-/m0/s1. The van der Waals surface area contributed by atoms with Crippen molar-refractivity contribution in [1.82, 2.24) is 4.90 Å². The molecule has 1 spiro atoms. The molecule has 2 heterocycles. The van der Waals surface area contributed by atoms with E-state index in [0.29, 0.717) is 3.92 Å². The number of alkyl halides is 1. The number of methoxy groups -OCH3 is 1. The van der Waals surface area contributed by atoms with E-state index in [2.05, 4.69) is 58.8 Å². The summed E-state index contributed by atoms with van der Waals surface area (Å²) in [6, 6.07) is 4.28. The molecule has 0 bridgehead atoms. The molecule has 0 saturated carbocycles. The molecule has 0 N–H and O–H groups in total. The molecule has 0 saturated heterocycles. The Balaban J connectivity index is 1.95. The van der Waals surface area contributed by atoms with Crippen LogP contribution in [0.15, 0.2) is 24.3 Å². The van der Waals surface area contributed by atoms with Crippen molar-refractivity contribution in [3.8, 4) is 11.5 Å². The maximum atomic E-state index is 6.41. The van der Waals surface area contributed by atoms with Gasteiger partial charge in [0.1, 0.15) is 6.10 Å². The van der Waals surface area contributed by atoms with Crippen LogP contribution in [0.3, 0.4) is 0 Å². The minimum absolute atomic E-state index is 0.0473. The highest BCUT2D eigenvalue weighted by Gasteiger charge is 2.52. The van der Waals surface area contributed by atoms with Gasteiger partial charge in [-0.15, -0.1) is 0 Å². The number of rotatable bonds is 1. The second kappa shape index (κ2) is 4.88. The average Bonchev–Trinajstić information content (AvgIpc) is 2.72. The van der Waals surface area contributed by atoms with Gasteiger partial charge in [-0.3, -0.25) is 0 Å². The average molecular weight is 397 g/mol. The lowest BCUT2D eigenvalue weighted by atomic mass is 9.69. The first-order chi connectivity index (χ1) is 10.1. The largest absolute Gasteiger partial charge is 0.493 e. The highest BCUT2D eigenvalue weighted by molar-refractivity contribution is 14.1. The molecule has 1 aromatic rings. The zero-order valence-electron chi connectivity index (χ0n) is 12.4. The zero-order chi connectivity index (χ0) is 14.6. The molecule has 3 aliphatic rings. The molecule has 1 aromatic carbocycles. The van der Waals surface area contributed by atoms with E-state index < -0.39 is 0 Å². The van der Waals surface area contributed by atoms with Gasteiger partial charge in [-0.25, -0.2) is 0 Å². The van der Waals surface area contributed by atoms with Gasteiger partial charge in [-0.1, -0.05) is 40.8 Å². The summed E-state index contributed by atoms with van der Waals surface area (Å²) in [5, 5.41) is 0. The minimum Gasteiger partial charge on any atom is -0.493 e. The van der Waals surface area contributed by atoms with Crippen LogP contribution < -0.4 is 9.47 Å². The number of hydrogen-bond acceptors (Lipinski definition) is 3. The first-order valence-electron chi connectivity index (χ1n) is 7.53. The number of hydrogen-bond donors (Lipinski definition) is 0. The van der Waals surface area contributed by atoms with Gasteiger partial charge < -0.3 is 14.4 Å². The molecular formula is C17H20INO2. The minimum atomic E-state index is 0.0473. The van der Waals surface area contributed by atoms with Gasteiger partial charge in [0.05, 0.1) is 12.5 Å². The fraction of sp³-hybridized carbons (Fsp3) is 0.529. The lowest BCUT2D eigenvalue weighted by molar-refractivity contribution is 0.142. The van der Waals surface area contributed by atoms with Gasteiger partial charge >= 0.3 is 0 Å². The first kappa shape index (κ1) is 13.9. The Labute approximate surface area is 139 Å². The van der Waals surface area contributed by atoms with E-state index in [1.165, 1.54) is 11.1 Å². The summed E-state index contributed by atoms with van der Waals surface area (Å²) in [5.74, 6) is 1.87. The number of benzene rings is 1. The lowest BCUT2D eigenvalue weighted by Gasteiger charge is -2.35. The second-order valence-electron chi connectivity index (χ2n) is 6.38. The van der Waals surface area contributed by atoms with Gasteiger partial charge in [-0.2, -0.15) is 0 Å². The third kappa shape index (κ3) is 1.95. The summed E-state index contributed by atoms with van der Waals surface area (Å²) in [6.07, 6.45) is 7.25. The topological polar surface area (TPSA) is 21.7 Å². The molecule has 21 heavy (non-hydrogen) atoms. The first-order valence-corrected chi connectivity index (χ1v) is 8.77. The summed E-state index contributed by atoms with van der Waals surface area (Å²) in [5.41, 5.74) is 2.83. The monoisotopic (exact) mass is 397 g/mol. The molecule has 3 atom stereocenters. The van der Waals surface area contributed by atoms with Crippen molar-refractivity contribution in [3.63, 3.8) is 0 Å².